The molecule has 0 radical (unpaired) electrons. The summed E-state index contributed by atoms with van der Waals surface area (Å²) in [5.41, 5.74) is 4.44. The van der Waals surface area contributed by atoms with Crippen molar-refractivity contribution in [3.63, 3.8) is 0 Å². The Hall–Kier alpha value is -1.84. The van der Waals surface area contributed by atoms with Crippen LogP contribution in [0.4, 0.5) is 4.79 Å². The Morgan fingerprint density at radius 2 is 1.88 bits per heavy atom. The standard InChI is InChI=1S/C13H17N3O/c1-11(12-7-3-2-4-8-12)14-15-13(17)16-9-5-6-10-16/h2-4,7-8H,5-6,9-10H2,1H3,(H,15,17)/b14-11-. The lowest BCUT2D eigenvalue weighted by molar-refractivity contribution is 0.209. The van der Waals surface area contributed by atoms with Gasteiger partial charge in [-0.05, 0) is 25.3 Å². The van der Waals surface area contributed by atoms with Crippen LogP contribution in [-0.4, -0.2) is 29.7 Å². The Labute approximate surface area is 101 Å². The second-order valence-electron chi connectivity index (χ2n) is 4.17. The summed E-state index contributed by atoms with van der Waals surface area (Å²) >= 11 is 0. The Morgan fingerprint density at radius 3 is 2.53 bits per heavy atom. The summed E-state index contributed by atoms with van der Waals surface area (Å²) < 4.78 is 0. The summed E-state index contributed by atoms with van der Waals surface area (Å²) in [5, 5.41) is 4.11. The number of hydrogen-bond donors (Lipinski definition) is 1. The summed E-state index contributed by atoms with van der Waals surface area (Å²) in [4.78, 5) is 13.5. The van der Waals surface area contributed by atoms with Crippen molar-refractivity contribution >= 4 is 11.7 Å². The van der Waals surface area contributed by atoms with Gasteiger partial charge in [0, 0.05) is 13.1 Å². The first-order chi connectivity index (χ1) is 8.27. The summed E-state index contributed by atoms with van der Waals surface area (Å²) in [6.07, 6.45) is 2.18. The van der Waals surface area contributed by atoms with E-state index in [1.165, 1.54) is 0 Å². The number of rotatable bonds is 2. The highest BCUT2D eigenvalue weighted by Gasteiger charge is 2.16. The quantitative estimate of drug-likeness (QED) is 0.615. The van der Waals surface area contributed by atoms with Crippen LogP contribution < -0.4 is 5.43 Å². The van der Waals surface area contributed by atoms with Crippen molar-refractivity contribution in [2.24, 2.45) is 5.10 Å². The van der Waals surface area contributed by atoms with Crippen molar-refractivity contribution in [2.75, 3.05) is 13.1 Å². The molecule has 1 aromatic rings. The van der Waals surface area contributed by atoms with Crippen LogP contribution in [0.5, 0.6) is 0 Å². The van der Waals surface area contributed by atoms with E-state index in [-0.39, 0.29) is 6.03 Å². The number of carbonyl (C=O) groups excluding carboxylic acids is 1. The molecular weight excluding hydrogens is 214 g/mol. The van der Waals surface area contributed by atoms with E-state index in [2.05, 4.69) is 10.5 Å². The molecule has 90 valence electrons. The first kappa shape index (κ1) is 11.6. The van der Waals surface area contributed by atoms with Crippen LogP contribution in [-0.2, 0) is 0 Å². The lowest BCUT2D eigenvalue weighted by Gasteiger charge is -2.13. The predicted octanol–water partition coefficient (Wildman–Crippen LogP) is 2.22. The molecule has 1 heterocycles. The Bertz CT molecular complexity index is 408. The minimum absolute atomic E-state index is 0.0993. The second-order valence-corrected chi connectivity index (χ2v) is 4.17. The van der Waals surface area contributed by atoms with E-state index in [1.54, 1.807) is 4.90 Å². The fourth-order valence-corrected chi connectivity index (χ4v) is 1.87. The Kier molecular flexibility index (Phi) is 3.75. The topological polar surface area (TPSA) is 44.7 Å². The Balaban J connectivity index is 1.94. The fourth-order valence-electron chi connectivity index (χ4n) is 1.87. The van der Waals surface area contributed by atoms with Crippen molar-refractivity contribution in [3.05, 3.63) is 35.9 Å². The van der Waals surface area contributed by atoms with E-state index in [4.69, 9.17) is 0 Å². The van der Waals surface area contributed by atoms with Gasteiger partial charge in [0.05, 0.1) is 5.71 Å². The number of nitrogens with one attached hydrogen (secondary N) is 1. The third-order valence-corrected chi connectivity index (χ3v) is 2.90. The van der Waals surface area contributed by atoms with E-state index >= 15 is 0 Å². The summed E-state index contributed by atoms with van der Waals surface area (Å²) in [5.74, 6) is 0. The maximum absolute atomic E-state index is 11.7. The average Bonchev–Trinajstić information content (AvgIpc) is 2.90. The van der Waals surface area contributed by atoms with Crippen molar-refractivity contribution in [3.8, 4) is 0 Å². The monoisotopic (exact) mass is 231 g/mol. The highest BCUT2D eigenvalue weighted by Crippen LogP contribution is 2.07. The third-order valence-electron chi connectivity index (χ3n) is 2.90. The highest BCUT2D eigenvalue weighted by molar-refractivity contribution is 5.99. The molecule has 0 unspecified atom stereocenters. The minimum atomic E-state index is -0.0993. The molecule has 0 spiro atoms. The molecule has 1 N–H and O–H groups in total. The van der Waals surface area contributed by atoms with Gasteiger partial charge >= 0.3 is 6.03 Å². The van der Waals surface area contributed by atoms with Gasteiger partial charge in [-0.15, -0.1) is 0 Å². The largest absolute Gasteiger partial charge is 0.337 e. The summed E-state index contributed by atoms with van der Waals surface area (Å²) in [6, 6.07) is 9.71. The molecule has 2 rings (SSSR count). The number of nitrogens with zero attached hydrogens (tertiary/aromatic N) is 2. The predicted molar refractivity (Wildman–Crippen MR) is 68.0 cm³/mol. The molecule has 4 heteroatoms. The third kappa shape index (κ3) is 3.06. The van der Waals surface area contributed by atoms with Gasteiger partial charge in [-0.1, -0.05) is 30.3 Å². The lowest BCUT2D eigenvalue weighted by atomic mass is 10.1. The second kappa shape index (κ2) is 5.48. The maximum atomic E-state index is 11.7. The van der Waals surface area contributed by atoms with Crippen molar-refractivity contribution in [1.29, 1.82) is 0 Å². The Morgan fingerprint density at radius 1 is 1.24 bits per heavy atom. The van der Waals surface area contributed by atoms with Gasteiger partial charge in [0.1, 0.15) is 0 Å². The van der Waals surface area contributed by atoms with Gasteiger partial charge in [-0.25, -0.2) is 10.2 Å². The van der Waals surface area contributed by atoms with Crippen molar-refractivity contribution < 1.29 is 4.79 Å². The molecule has 1 aliphatic rings. The van der Waals surface area contributed by atoms with Gasteiger partial charge in [-0.3, -0.25) is 0 Å². The van der Waals surface area contributed by atoms with E-state index in [1.807, 2.05) is 37.3 Å². The summed E-state index contributed by atoms with van der Waals surface area (Å²) in [7, 11) is 0. The van der Waals surface area contributed by atoms with Crippen molar-refractivity contribution in [2.45, 2.75) is 19.8 Å². The number of carbonyl (C=O) groups is 1. The molecule has 1 aliphatic heterocycles. The zero-order chi connectivity index (χ0) is 12.1. The zero-order valence-corrected chi connectivity index (χ0v) is 10.0. The molecule has 0 aromatic heterocycles. The molecule has 1 saturated heterocycles. The number of benzene rings is 1. The molecule has 0 saturated carbocycles. The number of hydrogen-bond acceptors (Lipinski definition) is 2. The smallest absolute Gasteiger partial charge is 0.323 e. The van der Waals surface area contributed by atoms with E-state index in [0.29, 0.717) is 0 Å². The number of likely N-dealkylation sites (tertiary alicyclic amines) is 1. The number of hydrazone groups is 1. The van der Waals surface area contributed by atoms with Crippen LogP contribution in [0.25, 0.3) is 0 Å². The van der Waals surface area contributed by atoms with Crippen LogP contribution >= 0.6 is 0 Å². The molecule has 2 amide bonds. The van der Waals surface area contributed by atoms with Gasteiger partial charge < -0.3 is 4.90 Å². The van der Waals surface area contributed by atoms with Crippen LogP contribution in [0.1, 0.15) is 25.3 Å². The number of urea groups is 1. The average molecular weight is 231 g/mol. The first-order valence-corrected chi connectivity index (χ1v) is 5.92. The van der Waals surface area contributed by atoms with Crippen LogP contribution in [0.15, 0.2) is 35.4 Å². The lowest BCUT2D eigenvalue weighted by Crippen LogP contribution is -2.35. The van der Waals surface area contributed by atoms with Gasteiger partial charge in [0.25, 0.3) is 0 Å². The van der Waals surface area contributed by atoms with Crippen LogP contribution in [0, 0.1) is 0 Å². The van der Waals surface area contributed by atoms with Gasteiger partial charge in [0.2, 0.25) is 0 Å². The molecular formula is C13H17N3O. The van der Waals surface area contributed by atoms with Crippen LogP contribution in [0.3, 0.4) is 0 Å². The van der Waals surface area contributed by atoms with E-state index in [0.717, 1.165) is 37.2 Å². The molecule has 0 atom stereocenters. The van der Waals surface area contributed by atoms with E-state index < -0.39 is 0 Å². The van der Waals surface area contributed by atoms with Crippen LogP contribution in [0.2, 0.25) is 0 Å². The van der Waals surface area contributed by atoms with Crippen molar-refractivity contribution in [1.82, 2.24) is 10.3 Å². The molecule has 17 heavy (non-hydrogen) atoms. The van der Waals surface area contributed by atoms with E-state index in [9.17, 15) is 4.79 Å². The van der Waals surface area contributed by atoms with Gasteiger partial charge in [0.15, 0.2) is 0 Å². The maximum Gasteiger partial charge on any atom is 0.337 e. The minimum Gasteiger partial charge on any atom is -0.323 e. The SMILES string of the molecule is C/C(=N/NC(=O)N1CCCC1)c1ccccc1. The molecule has 1 aromatic carbocycles. The fraction of sp³-hybridized carbons (Fsp3) is 0.385. The number of amides is 2. The highest BCUT2D eigenvalue weighted by atomic mass is 16.2. The molecule has 0 bridgehead atoms. The van der Waals surface area contributed by atoms with Gasteiger partial charge in [-0.2, -0.15) is 5.10 Å². The molecule has 4 nitrogen and oxygen atoms in total. The first-order valence-electron chi connectivity index (χ1n) is 5.92. The molecule has 1 fully saturated rings. The summed E-state index contributed by atoms with van der Waals surface area (Å²) in [6.45, 7) is 3.57. The normalized spacial score (nSPS) is 16.1. The zero-order valence-electron chi connectivity index (χ0n) is 10.0. The molecule has 0 aliphatic carbocycles.